The highest BCUT2D eigenvalue weighted by Gasteiger charge is 2.32. The molecule has 0 saturated carbocycles. The van der Waals surface area contributed by atoms with Crippen LogP contribution < -0.4 is 0 Å². The third kappa shape index (κ3) is 3.13. The van der Waals surface area contributed by atoms with E-state index in [-0.39, 0.29) is 18.5 Å². The van der Waals surface area contributed by atoms with Gasteiger partial charge in [0.1, 0.15) is 11.6 Å². The first-order valence-electron chi connectivity index (χ1n) is 8.74. The average Bonchev–Trinajstić information content (AvgIpc) is 3.47. The maximum atomic E-state index is 12.9. The molecule has 1 fully saturated rings. The van der Waals surface area contributed by atoms with Crippen LogP contribution in [0.2, 0.25) is 0 Å². The Morgan fingerprint density at radius 1 is 1.22 bits per heavy atom. The number of amides is 1. The largest absolute Gasteiger partial charge is 0.332 e. The molecule has 4 heterocycles. The van der Waals surface area contributed by atoms with Gasteiger partial charge in [-0.2, -0.15) is 4.80 Å². The van der Waals surface area contributed by atoms with Crippen LogP contribution >= 0.6 is 22.7 Å². The van der Waals surface area contributed by atoms with Gasteiger partial charge in [-0.25, -0.2) is 4.98 Å². The van der Waals surface area contributed by atoms with E-state index in [4.69, 9.17) is 4.98 Å². The van der Waals surface area contributed by atoms with Gasteiger partial charge in [-0.15, -0.1) is 32.9 Å². The van der Waals surface area contributed by atoms with Crippen LogP contribution in [0.1, 0.15) is 23.9 Å². The number of thiazole rings is 1. The zero-order valence-corrected chi connectivity index (χ0v) is 16.0. The predicted octanol–water partition coefficient (Wildman–Crippen LogP) is 3.38. The minimum absolute atomic E-state index is 0.00638. The molecule has 1 atom stereocenters. The Bertz CT molecular complexity index is 1050. The molecule has 1 aliphatic rings. The fourth-order valence-electron chi connectivity index (χ4n) is 3.38. The van der Waals surface area contributed by atoms with Gasteiger partial charge < -0.3 is 4.90 Å². The van der Waals surface area contributed by atoms with E-state index in [2.05, 4.69) is 21.5 Å². The Morgan fingerprint density at radius 2 is 2.15 bits per heavy atom. The summed E-state index contributed by atoms with van der Waals surface area (Å²) in [6.07, 6.45) is 1.92. The van der Waals surface area contributed by atoms with Gasteiger partial charge in [0, 0.05) is 6.54 Å². The van der Waals surface area contributed by atoms with Gasteiger partial charge in [0.05, 0.1) is 21.1 Å². The summed E-state index contributed by atoms with van der Waals surface area (Å²) in [6.45, 7) is 0.839. The number of aromatic nitrogens is 5. The Morgan fingerprint density at radius 3 is 3.00 bits per heavy atom. The van der Waals surface area contributed by atoms with Gasteiger partial charge >= 0.3 is 0 Å². The molecule has 0 unspecified atom stereocenters. The van der Waals surface area contributed by atoms with Crippen LogP contribution in [0.4, 0.5) is 0 Å². The van der Waals surface area contributed by atoms with E-state index >= 15 is 0 Å². The van der Waals surface area contributed by atoms with Crippen molar-refractivity contribution in [1.29, 1.82) is 0 Å². The Kier molecular flexibility index (Phi) is 4.17. The number of nitrogens with zero attached hydrogens (tertiary/aromatic N) is 6. The SMILES string of the molecule is O=C(Cn1nnc(-c2cccs2)n1)N1CCC[C@@H]1c1nc2ccccc2s1. The lowest BCUT2D eigenvalue weighted by Gasteiger charge is -2.22. The molecule has 0 radical (unpaired) electrons. The Labute approximate surface area is 163 Å². The van der Waals surface area contributed by atoms with Crippen LogP contribution in [0, 0.1) is 0 Å². The van der Waals surface area contributed by atoms with Gasteiger partial charge in [0.25, 0.3) is 0 Å². The van der Waals surface area contributed by atoms with Crippen molar-refractivity contribution < 1.29 is 4.79 Å². The second-order valence-corrected chi connectivity index (χ2v) is 8.40. The first kappa shape index (κ1) is 16.5. The second-order valence-electron chi connectivity index (χ2n) is 6.39. The highest BCUT2D eigenvalue weighted by molar-refractivity contribution is 7.18. The summed E-state index contributed by atoms with van der Waals surface area (Å²) in [4.78, 5) is 21.9. The van der Waals surface area contributed by atoms with Crippen LogP contribution in [0.15, 0.2) is 41.8 Å². The molecule has 4 aromatic rings. The van der Waals surface area contributed by atoms with E-state index in [1.54, 1.807) is 22.7 Å². The molecular weight excluding hydrogens is 380 g/mol. The summed E-state index contributed by atoms with van der Waals surface area (Å²) in [7, 11) is 0. The molecular formula is C18H16N6OS2. The third-order valence-corrected chi connectivity index (χ3v) is 6.64. The molecule has 1 saturated heterocycles. The summed E-state index contributed by atoms with van der Waals surface area (Å²) in [5.41, 5.74) is 0.996. The number of hydrogen-bond donors (Lipinski definition) is 0. The molecule has 136 valence electrons. The van der Waals surface area contributed by atoms with E-state index < -0.39 is 0 Å². The molecule has 0 spiro atoms. The van der Waals surface area contributed by atoms with E-state index in [1.165, 1.54) is 4.80 Å². The fourth-order valence-corrected chi connectivity index (χ4v) is 5.14. The molecule has 0 bridgehead atoms. The van der Waals surface area contributed by atoms with Gasteiger partial charge in [-0.1, -0.05) is 18.2 Å². The van der Waals surface area contributed by atoms with Gasteiger partial charge in [0.2, 0.25) is 11.7 Å². The average molecular weight is 397 g/mol. The molecule has 5 rings (SSSR count). The monoisotopic (exact) mass is 396 g/mol. The van der Waals surface area contributed by atoms with Crippen molar-refractivity contribution in [1.82, 2.24) is 30.1 Å². The van der Waals surface area contributed by atoms with Gasteiger partial charge in [0.15, 0.2) is 0 Å². The third-order valence-electron chi connectivity index (χ3n) is 4.64. The number of fused-ring (bicyclic) bond motifs is 1. The predicted molar refractivity (Wildman–Crippen MR) is 104 cm³/mol. The van der Waals surface area contributed by atoms with Crippen molar-refractivity contribution in [3.8, 4) is 10.7 Å². The standard InChI is InChI=1S/C18H16N6OS2/c25-16(11-24-21-17(20-22-24)15-8-4-10-26-15)23-9-3-6-13(23)18-19-12-5-1-2-7-14(12)27-18/h1-2,4-5,7-8,10,13H,3,6,9,11H2/t13-/m1/s1. The summed E-state index contributed by atoms with van der Waals surface area (Å²) in [5.74, 6) is 0.564. The first-order chi connectivity index (χ1) is 13.3. The lowest BCUT2D eigenvalue weighted by molar-refractivity contribution is -0.133. The lowest BCUT2D eigenvalue weighted by Crippen LogP contribution is -2.34. The smallest absolute Gasteiger partial charge is 0.246 e. The molecule has 0 aliphatic carbocycles. The number of para-hydroxylation sites is 1. The fraction of sp³-hybridized carbons (Fsp3) is 0.278. The van der Waals surface area contributed by atoms with E-state index in [0.717, 1.165) is 39.5 Å². The Hall–Kier alpha value is -2.65. The molecule has 27 heavy (non-hydrogen) atoms. The van der Waals surface area contributed by atoms with E-state index in [9.17, 15) is 4.79 Å². The minimum atomic E-state index is 0.00638. The molecule has 1 amide bonds. The van der Waals surface area contributed by atoms with Crippen molar-refractivity contribution in [2.24, 2.45) is 0 Å². The van der Waals surface area contributed by atoms with E-state index in [0.29, 0.717) is 5.82 Å². The molecule has 9 heteroatoms. The minimum Gasteiger partial charge on any atom is -0.332 e. The summed E-state index contributed by atoms with van der Waals surface area (Å²) in [6, 6.07) is 12.0. The number of thiophene rings is 1. The summed E-state index contributed by atoms with van der Waals surface area (Å²) < 4.78 is 1.16. The zero-order chi connectivity index (χ0) is 18.2. The molecule has 1 aliphatic heterocycles. The van der Waals surface area contributed by atoms with Crippen LogP contribution in [0.25, 0.3) is 20.9 Å². The van der Waals surface area contributed by atoms with Crippen LogP contribution in [0.3, 0.4) is 0 Å². The molecule has 7 nitrogen and oxygen atoms in total. The van der Waals surface area contributed by atoms with Gasteiger partial charge in [-0.05, 0) is 41.6 Å². The molecule has 1 aromatic carbocycles. The topological polar surface area (TPSA) is 76.8 Å². The normalized spacial score (nSPS) is 17.0. The lowest BCUT2D eigenvalue weighted by atomic mass is 10.2. The summed E-state index contributed by atoms with van der Waals surface area (Å²) in [5, 5.41) is 15.4. The van der Waals surface area contributed by atoms with Crippen LogP contribution in [-0.4, -0.2) is 42.5 Å². The van der Waals surface area contributed by atoms with Crippen molar-refractivity contribution in [3.05, 3.63) is 46.8 Å². The van der Waals surface area contributed by atoms with E-state index in [1.807, 2.05) is 40.6 Å². The number of benzene rings is 1. The zero-order valence-electron chi connectivity index (χ0n) is 14.4. The maximum Gasteiger partial charge on any atom is 0.246 e. The number of rotatable bonds is 4. The number of hydrogen-bond acceptors (Lipinski definition) is 7. The number of carbonyl (C=O) groups is 1. The van der Waals surface area contributed by atoms with Crippen molar-refractivity contribution in [2.45, 2.75) is 25.4 Å². The number of likely N-dealkylation sites (tertiary alicyclic amines) is 1. The Balaban J connectivity index is 1.34. The van der Waals surface area contributed by atoms with Gasteiger partial charge in [-0.3, -0.25) is 4.79 Å². The number of carbonyl (C=O) groups excluding carboxylic acids is 1. The summed E-state index contributed by atoms with van der Waals surface area (Å²) >= 11 is 3.22. The van der Waals surface area contributed by atoms with Crippen LogP contribution in [0.5, 0.6) is 0 Å². The van der Waals surface area contributed by atoms with Crippen molar-refractivity contribution in [2.75, 3.05) is 6.54 Å². The highest BCUT2D eigenvalue weighted by atomic mass is 32.1. The quantitative estimate of drug-likeness (QED) is 0.529. The van der Waals surface area contributed by atoms with Crippen molar-refractivity contribution in [3.63, 3.8) is 0 Å². The second kappa shape index (κ2) is 6.82. The highest BCUT2D eigenvalue weighted by Crippen LogP contribution is 2.36. The molecule has 3 aromatic heterocycles. The number of tetrazole rings is 1. The van der Waals surface area contributed by atoms with Crippen LogP contribution in [-0.2, 0) is 11.3 Å². The molecule has 0 N–H and O–H groups in total. The van der Waals surface area contributed by atoms with Crippen molar-refractivity contribution >= 4 is 38.8 Å². The first-order valence-corrected chi connectivity index (χ1v) is 10.4. The maximum absolute atomic E-state index is 12.9.